The second-order valence-corrected chi connectivity index (χ2v) is 4.40. The van der Waals surface area contributed by atoms with E-state index < -0.39 is 0 Å². The Hall–Kier alpha value is -1.85. The lowest BCUT2D eigenvalue weighted by atomic mass is 10.2. The van der Waals surface area contributed by atoms with E-state index in [0.717, 1.165) is 5.56 Å². The van der Waals surface area contributed by atoms with Gasteiger partial charge in [-0.15, -0.1) is 0 Å². The first-order valence-corrected chi connectivity index (χ1v) is 6.02. The van der Waals surface area contributed by atoms with E-state index in [9.17, 15) is 0 Å². The largest absolute Gasteiger partial charge is 0.439 e. The monoisotopic (exact) mass is 279 g/mol. The molecule has 2 N–H and O–H groups in total. The van der Waals surface area contributed by atoms with E-state index in [1.54, 1.807) is 25.3 Å². The van der Waals surface area contributed by atoms with E-state index in [0.29, 0.717) is 28.3 Å². The summed E-state index contributed by atoms with van der Waals surface area (Å²) >= 11 is 5.96. The zero-order chi connectivity index (χ0) is 13.8. The fourth-order valence-electron chi connectivity index (χ4n) is 1.54. The highest BCUT2D eigenvalue weighted by atomic mass is 35.5. The molecule has 0 aliphatic carbocycles. The lowest BCUT2D eigenvalue weighted by molar-refractivity contribution is 0.177. The van der Waals surface area contributed by atoms with Gasteiger partial charge < -0.3 is 15.2 Å². The Morgan fingerprint density at radius 1 is 1.26 bits per heavy atom. The molecule has 0 aliphatic heterocycles. The fourth-order valence-corrected chi connectivity index (χ4v) is 1.66. The van der Waals surface area contributed by atoms with Crippen LogP contribution in [-0.4, -0.2) is 17.1 Å². The first-order valence-electron chi connectivity index (χ1n) is 5.65. The van der Waals surface area contributed by atoms with Gasteiger partial charge >= 0.3 is 0 Å². The maximum atomic E-state index is 5.96. The van der Waals surface area contributed by atoms with Crippen LogP contribution in [0.1, 0.15) is 11.4 Å². The van der Waals surface area contributed by atoms with Gasteiger partial charge in [0.25, 0.3) is 0 Å². The van der Waals surface area contributed by atoms with Crippen LogP contribution in [0.3, 0.4) is 0 Å². The number of ether oxygens (including phenoxy) is 2. The van der Waals surface area contributed by atoms with Crippen molar-refractivity contribution in [1.29, 1.82) is 0 Å². The van der Waals surface area contributed by atoms with Crippen molar-refractivity contribution in [3.8, 4) is 11.6 Å². The average molecular weight is 280 g/mol. The molecule has 1 heterocycles. The average Bonchev–Trinajstić information content (AvgIpc) is 2.33. The molecule has 2 aromatic rings. The number of nitrogens with zero attached hydrogens (tertiary/aromatic N) is 2. The van der Waals surface area contributed by atoms with Crippen LogP contribution in [0.2, 0.25) is 5.02 Å². The summed E-state index contributed by atoms with van der Waals surface area (Å²) in [5.74, 6) is 1.83. The van der Waals surface area contributed by atoms with Crippen molar-refractivity contribution in [3.05, 3.63) is 40.7 Å². The van der Waals surface area contributed by atoms with E-state index in [2.05, 4.69) is 9.97 Å². The van der Waals surface area contributed by atoms with Gasteiger partial charge in [0.05, 0.1) is 0 Å². The molecule has 0 unspecified atom stereocenters. The summed E-state index contributed by atoms with van der Waals surface area (Å²) in [6.45, 7) is 2.18. The van der Waals surface area contributed by atoms with Crippen molar-refractivity contribution in [2.75, 3.05) is 12.8 Å². The number of aryl methyl sites for hydroxylation is 1. The van der Waals surface area contributed by atoms with Crippen molar-refractivity contribution in [1.82, 2.24) is 9.97 Å². The highest BCUT2D eigenvalue weighted by Gasteiger charge is 2.06. The zero-order valence-corrected chi connectivity index (χ0v) is 11.4. The Bertz CT molecular complexity index is 590. The number of nitrogen functional groups attached to an aromatic ring is 1. The van der Waals surface area contributed by atoms with Crippen molar-refractivity contribution in [3.63, 3.8) is 0 Å². The third-order valence-corrected chi connectivity index (χ3v) is 2.82. The maximum absolute atomic E-state index is 5.96. The number of nitrogens with two attached hydrogens (primary N) is 1. The Balaban J connectivity index is 2.24. The Labute approximate surface area is 116 Å². The lowest BCUT2D eigenvalue weighted by Gasteiger charge is -2.08. The number of hydrogen-bond acceptors (Lipinski definition) is 5. The fraction of sp³-hybridized carbons (Fsp3) is 0.231. The molecule has 0 saturated carbocycles. The molecule has 2 rings (SSSR count). The molecule has 0 fully saturated rings. The molecule has 100 valence electrons. The predicted molar refractivity (Wildman–Crippen MR) is 73.4 cm³/mol. The standard InChI is InChI=1S/C13H14ClN3O2/c1-8-5-9(3-4-10(8)14)19-13-6-11(15)16-12(17-13)7-18-2/h3-6H,7H2,1-2H3,(H2,15,16,17). The van der Waals surface area contributed by atoms with Crippen LogP contribution in [0.4, 0.5) is 5.82 Å². The summed E-state index contributed by atoms with van der Waals surface area (Å²) in [5, 5.41) is 0.689. The number of hydrogen-bond donors (Lipinski definition) is 1. The summed E-state index contributed by atoms with van der Waals surface area (Å²) in [4.78, 5) is 8.24. The number of anilines is 1. The molecule has 1 aromatic heterocycles. The number of methoxy groups -OCH3 is 1. The minimum Gasteiger partial charge on any atom is -0.439 e. The van der Waals surface area contributed by atoms with Crippen LogP contribution < -0.4 is 10.5 Å². The van der Waals surface area contributed by atoms with Gasteiger partial charge in [0.2, 0.25) is 5.88 Å². The van der Waals surface area contributed by atoms with E-state index in [4.69, 9.17) is 26.8 Å². The second-order valence-electron chi connectivity index (χ2n) is 3.99. The van der Waals surface area contributed by atoms with Gasteiger partial charge in [-0.2, -0.15) is 4.98 Å². The highest BCUT2D eigenvalue weighted by molar-refractivity contribution is 6.31. The van der Waals surface area contributed by atoms with Crippen LogP contribution in [-0.2, 0) is 11.3 Å². The normalized spacial score (nSPS) is 10.5. The Morgan fingerprint density at radius 2 is 2.05 bits per heavy atom. The number of rotatable bonds is 4. The van der Waals surface area contributed by atoms with Gasteiger partial charge in [0, 0.05) is 18.2 Å². The van der Waals surface area contributed by atoms with Crippen LogP contribution in [0.15, 0.2) is 24.3 Å². The molecule has 0 amide bonds. The number of aromatic nitrogens is 2. The van der Waals surface area contributed by atoms with Crippen molar-refractivity contribution in [2.45, 2.75) is 13.5 Å². The van der Waals surface area contributed by atoms with Crippen LogP contribution in [0, 0.1) is 6.92 Å². The third kappa shape index (κ3) is 3.56. The van der Waals surface area contributed by atoms with Gasteiger partial charge in [0.1, 0.15) is 18.2 Å². The molecule has 0 bridgehead atoms. The van der Waals surface area contributed by atoms with E-state index >= 15 is 0 Å². The highest BCUT2D eigenvalue weighted by Crippen LogP contribution is 2.25. The third-order valence-electron chi connectivity index (χ3n) is 2.39. The van der Waals surface area contributed by atoms with Gasteiger partial charge in [-0.3, -0.25) is 0 Å². The Morgan fingerprint density at radius 3 is 2.74 bits per heavy atom. The number of benzene rings is 1. The maximum Gasteiger partial charge on any atom is 0.224 e. The molecule has 0 spiro atoms. The predicted octanol–water partition coefficient (Wildman–Crippen LogP) is 2.96. The Kier molecular flexibility index (Phi) is 4.19. The molecule has 0 atom stereocenters. The SMILES string of the molecule is COCc1nc(N)cc(Oc2ccc(Cl)c(C)c2)n1. The van der Waals surface area contributed by atoms with E-state index in [1.807, 2.05) is 13.0 Å². The minimum absolute atomic E-state index is 0.279. The van der Waals surface area contributed by atoms with Crippen LogP contribution in [0.5, 0.6) is 11.6 Å². The molecular weight excluding hydrogens is 266 g/mol. The minimum atomic E-state index is 0.279. The molecule has 6 heteroatoms. The van der Waals surface area contributed by atoms with Gasteiger partial charge in [-0.25, -0.2) is 4.98 Å². The molecule has 19 heavy (non-hydrogen) atoms. The zero-order valence-electron chi connectivity index (χ0n) is 10.7. The quantitative estimate of drug-likeness (QED) is 0.932. The summed E-state index contributed by atoms with van der Waals surface area (Å²) < 4.78 is 10.6. The molecule has 0 aliphatic rings. The topological polar surface area (TPSA) is 70.3 Å². The van der Waals surface area contributed by atoms with Crippen LogP contribution >= 0.6 is 11.6 Å². The molecular formula is C13H14ClN3O2. The number of halogens is 1. The second kappa shape index (κ2) is 5.86. The van der Waals surface area contributed by atoms with Crippen LogP contribution in [0.25, 0.3) is 0 Å². The van der Waals surface area contributed by atoms with Crippen molar-refractivity contribution in [2.24, 2.45) is 0 Å². The summed E-state index contributed by atoms with van der Waals surface area (Å²) in [6.07, 6.45) is 0. The molecule has 1 aromatic carbocycles. The van der Waals surface area contributed by atoms with Gasteiger partial charge in [0.15, 0.2) is 5.82 Å². The molecule has 0 radical (unpaired) electrons. The van der Waals surface area contributed by atoms with Crippen molar-refractivity contribution < 1.29 is 9.47 Å². The lowest BCUT2D eigenvalue weighted by Crippen LogP contribution is -2.02. The first kappa shape index (κ1) is 13.6. The summed E-state index contributed by atoms with van der Waals surface area (Å²) in [5.41, 5.74) is 6.62. The van der Waals surface area contributed by atoms with Gasteiger partial charge in [-0.1, -0.05) is 11.6 Å². The van der Waals surface area contributed by atoms with E-state index in [1.165, 1.54) is 0 Å². The first-order chi connectivity index (χ1) is 9.08. The van der Waals surface area contributed by atoms with Gasteiger partial charge in [-0.05, 0) is 30.7 Å². The smallest absolute Gasteiger partial charge is 0.224 e. The summed E-state index contributed by atoms with van der Waals surface area (Å²) in [6, 6.07) is 6.93. The van der Waals surface area contributed by atoms with Crippen molar-refractivity contribution >= 4 is 17.4 Å². The molecule has 0 saturated heterocycles. The molecule has 5 nitrogen and oxygen atoms in total. The summed E-state index contributed by atoms with van der Waals surface area (Å²) in [7, 11) is 1.57. The van der Waals surface area contributed by atoms with E-state index in [-0.39, 0.29) is 6.61 Å².